The standard InChI is InChI=1S/C22H15N3O.Zn/c26-20-10-4-3-8-18(20)21-24-19-9-5-13-23-22(19)25(21)17-12-11-15-6-1-2-7-16(15)14-17;/h1-14,26H;. The fraction of sp³-hybridized carbons (Fsp3) is 0. The monoisotopic (exact) mass is 401 g/mol. The fourth-order valence-corrected chi connectivity index (χ4v) is 3.32. The van der Waals surface area contributed by atoms with Crippen molar-refractivity contribution in [1.82, 2.24) is 14.5 Å². The van der Waals surface area contributed by atoms with E-state index in [1.54, 1.807) is 18.3 Å². The summed E-state index contributed by atoms with van der Waals surface area (Å²) in [6, 6.07) is 25.6. The first-order valence-electron chi connectivity index (χ1n) is 8.42. The number of hydrogen-bond acceptors (Lipinski definition) is 3. The van der Waals surface area contributed by atoms with Crippen LogP contribution in [0, 0.1) is 0 Å². The van der Waals surface area contributed by atoms with Gasteiger partial charge in [-0.15, -0.1) is 0 Å². The molecular formula is C22H15N3OZn. The van der Waals surface area contributed by atoms with Gasteiger partial charge in [0.1, 0.15) is 11.3 Å². The van der Waals surface area contributed by atoms with Crippen molar-refractivity contribution in [3.63, 3.8) is 0 Å². The van der Waals surface area contributed by atoms with E-state index in [1.165, 1.54) is 5.39 Å². The minimum atomic E-state index is 0. The molecule has 0 spiro atoms. The first kappa shape index (κ1) is 17.4. The van der Waals surface area contributed by atoms with Crippen LogP contribution in [-0.4, -0.2) is 19.6 Å². The third kappa shape index (κ3) is 2.90. The molecule has 2 heterocycles. The number of nitrogens with zero attached hydrogens (tertiary/aromatic N) is 3. The minimum Gasteiger partial charge on any atom is -0.507 e. The maximum absolute atomic E-state index is 10.4. The maximum Gasteiger partial charge on any atom is 0.164 e. The van der Waals surface area contributed by atoms with E-state index in [4.69, 9.17) is 4.98 Å². The third-order valence-electron chi connectivity index (χ3n) is 4.55. The smallest absolute Gasteiger partial charge is 0.164 e. The Morgan fingerprint density at radius 1 is 0.778 bits per heavy atom. The van der Waals surface area contributed by atoms with E-state index in [2.05, 4.69) is 35.3 Å². The molecule has 3 aromatic carbocycles. The molecule has 0 saturated heterocycles. The van der Waals surface area contributed by atoms with E-state index in [-0.39, 0.29) is 25.2 Å². The number of benzene rings is 3. The Morgan fingerprint density at radius 2 is 1.56 bits per heavy atom. The van der Waals surface area contributed by atoms with E-state index in [0.29, 0.717) is 11.4 Å². The molecule has 0 fully saturated rings. The van der Waals surface area contributed by atoms with Gasteiger partial charge in [-0.3, -0.25) is 4.57 Å². The summed E-state index contributed by atoms with van der Waals surface area (Å²) in [4.78, 5) is 9.27. The summed E-state index contributed by atoms with van der Waals surface area (Å²) < 4.78 is 2.00. The number of hydrogen-bond donors (Lipinski definition) is 1. The molecule has 0 bridgehead atoms. The predicted octanol–water partition coefficient (Wildman–Crippen LogP) is 4.94. The Balaban J connectivity index is 0.00000180. The Hall–Kier alpha value is -3.04. The number of aromatic nitrogens is 3. The van der Waals surface area contributed by atoms with Crippen LogP contribution in [0.5, 0.6) is 5.75 Å². The average Bonchev–Trinajstić information content (AvgIpc) is 3.07. The molecule has 0 aliphatic rings. The van der Waals surface area contributed by atoms with Crippen LogP contribution in [0.1, 0.15) is 0 Å². The van der Waals surface area contributed by atoms with Gasteiger partial charge in [-0.25, -0.2) is 9.97 Å². The molecule has 4 nitrogen and oxygen atoms in total. The molecule has 5 aromatic rings. The summed E-state index contributed by atoms with van der Waals surface area (Å²) in [7, 11) is 0. The molecule has 0 radical (unpaired) electrons. The number of imidazole rings is 1. The summed E-state index contributed by atoms with van der Waals surface area (Å²) in [6.45, 7) is 0. The van der Waals surface area contributed by atoms with Gasteiger partial charge in [-0.1, -0.05) is 42.5 Å². The summed E-state index contributed by atoms with van der Waals surface area (Å²) in [5.41, 5.74) is 3.20. The minimum absolute atomic E-state index is 0. The summed E-state index contributed by atoms with van der Waals surface area (Å²) in [5.74, 6) is 0.872. The van der Waals surface area contributed by atoms with Crippen molar-refractivity contribution in [2.45, 2.75) is 0 Å². The van der Waals surface area contributed by atoms with Crippen molar-refractivity contribution >= 4 is 21.9 Å². The van der Waals surface area contributed by atoms with Gasteiger partial charge in [-0.2, -0.15) is 0 Å². The van der Waals surface area contributed by atoms with E-state index >= 15 is 0 Å². The van der Waals surface area contributed by atoms with Gasteiger partial charge in [0.25, 0.3) is 0 Å². The molecule has 0 amide bonds. The van der Waals surface area contributed by atoms with Crippen molar-refractivity contribution in [2.24, 2.45) is 0 Å². The van der Waals surface area contributed by atoms with E-state index in [9.17, 15) is 5.11 Å². The number of fused-ring (bicyclic) bond motifs is 2. The van der Waals surface area contributed by atoms with Crippen molar-refractivity contribution in [3.05, 3.63) is 85.1 Å². The number of phenols is 1. The Morgan fingerprint density at radius 3 is 2.41 bits per heavy atom. The van der Waals surface area contributed by atoms with Crippen molar-refractivity contribution in [1.29, 1.82) is 0 Å². The second kappa shape index (κ2) is 6.94. The molecule has 0 aliphatic carbocycles. The zero-order valence-electron chi connectivity index (χ0n) is 14.6. The zero-order chi connectivity index (χ0) is 17.5. The third-order valence-corrected chi connectivity index (χ3v) is 4.55. The van der Waals surface area contributed by atoms with Crippen LogP contribution < -0.4 is 0 Å². The van der Waals surface area contributed by atoms with Crippen LogP contribution in [0.3, 0.4) is 0 Å². The Kier molecular flexibility index (Phi) is 4.46. The molecular weight excluding hydrogens is 388 g/mol. The molecule has 27 heavy (non-hydrogen) atoms. The Labute approximate surface area is 168 Å². The number of pyridine rings is 1. The number of aromatic hydroxyl groups is 1. The summed E-state index contributed by atoms with van der Waals surface area (Å²) in [5, 5.41) is 12.7. The molecule has 2 aromatic heterocycles. The quantitative estimate of drug-likeness (QED) is 0.425. The number of rotatable bonds is 2. The van der Waals surface area contributed by atoms with Crippen molar-refractivity contribution in [3.8, 4) is 22.8 Å². The van der Waals surface area contributed by atoms with Gasteiger partial charge in [0.15, 0.2) is 11.5 Å². The van der Waals surface area contributed by atoms with Gasteiger partial charge < -0.3 is 5.11 Å². The molecule has 5 rings (SSSR count). The zero-order valence-corrected chi connectivity index (χ0v) is 17.5. The molecule has 0 atom stereocenters. The van der Waals surface area contributed by atoms with Crippen molar-refractivity contribution < 1.29 is 24.6 Å². The largest absolute Gasteiger partial charge is 0.507 e. The molecule has 1 N–H and O–H groups in total. The average molecular weight is 403 g/mol. The topological polar surface area (TPSA) is 50.9 Å². The first-order valence-corrected chi connectivity index (χ1v) is 8.42. The molecule has 126 valence electrons. The van der Waals surface area contributed by atoms with Gasteiger partial charge in [0, 0.05) is 31.4 Å². The number of phenolic OH excluding ortho intramolecular Hbond substituents is 1. The molecule has 0 unspecified atom stereocenters. The van der Waals surface area contributed by atoms with Crippen LogP contribution in [0.2, 0.25) is 0 Å². The van der Waals surface area contributed by atoms with E-state index < -0.39 is 0 Å². The van der Waals surface area contributed by atoms with Crippen LogP contribution in [-0.2, 0) is 19.5 Å². The van der Waals surface area contributed by atoms with Crippen LogP contribution in [0.15, 0.2) is 85.1 Å². The van der Waals surface area contributed by atoms with Gasteiger partial charge in [0.05, 0.1) is 5.56 Å². The summed E-state index contributed by atoms with van der Waals surface area (Å²) >= 11 is 0. The van der Waals surface area contributed by atoms with E-state index in [1.807, 2.05) is 41.0 Å². The molecule has 0 aliphatic heterocycles. The summed E-state index contributed by atoms with van der Waals surface area (Å²) in [6.07, 6.45) is 1.76. The van der Waals surface area contributed by atoms with E-state index in [0.717, 1.165) is 22.2 Å². The predicted molar refractivity (Wildman–Crippen MR) is 103 cm³/mol. The van der Waals surface area contributed by atoms with Gasteiger partial charge in [-0.05, 0) is 47.2 Å². The first-order chi connectivity index (χ1) is 12.8. The molecule has 5 heteroatoms. The molecule has 0 saturated carbocycles. The van der Waals surface area contributed by atoms with Gasteiger partial charge in [0.2, 0.25) is 0 Å². The normalized spacial score (nSPS) is 10.8. The number of para-hydroxylation sites is 1. The SMILES string of the molecule is Oc1ccccc1-c1nc2cccnc2n1-c1ccc2ccccc2c1.[Zn]. The van der Waals surface area contributed by atoms with Crippen LogP contribution >= 0.6 is 0 Å². The maximum atomic E-state index is 10.4. The second-order valence-corrected chi connectivity index (χ2v) is 6.17. The second-order valence-electron chi connectivity index (χ2n) is 6.17. The Bertz CT molecular complexity index is 1260. The van der Waals surface area contributed by atoms with Gasteiger partial charge >= 0.3 is 0 Å². The van der Waals surface area contributed by atoms with Crippen molar-refractivity contribution in [2.75, 3.05) is 0 Å². The van der Waals surface area contributed by atoms with Crippen LogP contribution in [0.4, 0.5) is 0 Å². The van der Waals surface area contributed by atoms with Crippen LogP contribution in [0.25, 0.3) is 39.0 Å². The fourth-order valence-electron chi connectivity index (χ4n) is 3.32.